The third-order valence-electron chi connectivity index (χ3n) is 3.85. The molecule has 0 bridgehead atoms. The van der Waals surface area contributed by atoms with Gasteiger partial charge in [-0.15, -0.1) is 0 Å². The summed E-state index contributed by atoms with van der Waals surface area (Å²) >= 11 is 0. The van der Waals surface area contributed by atoms with Crippen LogP contribution < -0.4 is 5.32 Å². The lowest BCUT2D eigenvalue weighted by Crippen LogP contribution is -2.35. The molecule has 2 rings (SSSR count). The topological polar surface area (TPSA) is 62.6 Å². The molecule has 0 radical (unpaired) electrons. The molecule has 1 aliphatic carbocycles. The van der Waals surface area contributed by atoms with Crippen LogP contribution in [0.5, 0.6) is 0 Å². The molecule has 6 heteroatoms. The van der Waals surface area contributed by atoms with Gasteiger partial charge in [-0.1, -0.05) is 13.8 Å². The highest BCUT2D eigenvalue weighted by Gasteiger charge is 2.29. The Morgan fingerprint density at radius 2 is 2.00 bits per heavy atom. The molecule has 1 N–H and O–H groups in total. The van der Waals surface area contributed by atoms with E-state index >= 15 is 0 Å². The maximum Gasteiger partial charge on any atom is 0.276 e. The largest absolute Gasteiger partial charge is 0.447 e. The quantitative estimate of drug-likeness (QED) is 0.801. The molecular weight excluding hydrogens is 288 g/mol. The molecule has 1 fully saturated rings. The van der Waals surface area contributed by atoms with E-state index in [0.29, 0.717) is 24.3 Å². The Morgan fingerprint density at radius 1 is 1.33 bits per heavy atom. The van der Waals surface area contributed by atoms with Crippen molar-refractivity contribution < 1.29 is 12.8 Å². The summed E-state index contributed by atoms with van der Waals surface area (Å²) in [6, 6.07) is 3.82. The average Bonchev–Trinajstić information content (AvgIpc) is 3.10. The fourth-order valence-corrected chi connectivity index (χ4v) is 3.63. The van der Waals surface area contributed by atoms with E-state index in [2.05, 4.69) is 19.2 Å². The van der Waals surface area contributed by atoms with Gasteiger partial charge in [0, 0.05) is 19.1 Å². The molecule has 0 saturated heterocycles. The van der Waals surface area contributed by atoms with Gasteiger partial charge in [0.25, 0.3) is 10.0 Å². The number of nitrogens with one attached hydrogen (secondary N) is 1. The minimum Gasteiger partial charge on any atom is -0.447 e. The van der Waals surface area contributed by atoms with Crippen LogP contribution >= 0.6 is 0 Å². The summed E-state index contributed by atoms with van der Waals surface area (Å²) in [5, 5.41) is 3.35. The lowest BCUT2D eigenvalue weighted by atomic mass is 10.1. The SMILES string of the molecule is CC(C)CC(C)N(C)S(=O)(=O)c1ccc(CNC2CC2)o1. The Hall–Kier alpha value is -0.850. The lowest BCUT2D eigenvalue weighted by molar-refractivity contribution is 0.321. The Bertz CT molecular complexity index is 561. The van der Waals surface area contributed by atoms with E-state index in [1.165, 1.54) is 17.1 Å². The van der Waals surface area contributed by atoms with Gasteiger partial charge in [-0.3, -0.25) is 0 Å². The van der Waals surface area contributed by atoms with Gasteiger partial charge < -0.3 is 9.73 Å². The molecular formula is C15H26N2O3S. The Morgan fingerprint density at radius 3 is 2.57 bits per heavy atom. The number of hydrogen-bond acceptors (Lipinski definition) is 4. The predicted molar refractivity (Wildman–Crippen MR) is 82.4 cm³/mol. The summed E-state index contributed by atoms with van der Waals surface area (Å²) in [4.78, 5) is 0. The van der Waals surface area contributed by atoms with Crippen LogP contribution in [-0.2, 0) is 16.6 Å². The molecule has 1 heterocycles. The van der Waals surface area contributed by atoms with Gasteiger partial charge in [0.1, 0.15) is 5.76 Å². The minimum absolute atomic E-state index is 0.0354. The van der Waals surface area contributed by atoms with Gasteiger partial charge in [0.2, 0.25) is 5.09 Å². The van der Waals surface area contributed by atoms with Crippen LogP contribution in [-0.4, -0.2) is 31.9 Å². The zero-order valence-corrected chi connectivity index (χ0v) is 14.1. The van der Waals surface area contributed by atoms with E-state index in [-0.39, 0.29) is 11.1 Å². The fourth-order valence-electron chi connectivity index (χ4n) is 2.33. The average molecular weight is 314 g/mol. The number of nitrogens with zero attached hydrogens (tertiary/aromatic N) is 1. The van der Waals surface area contributed by atoms with Gasteiger partial charge in [0.05, 0.1) is 6.54 Å². The summed E-state index contributed by atoms with van der Waals surface area (Å²) in [5.74, 6) is 1.12. The van der Waals surface area contributed by atoms with Crippen molar-refractivity contribution in [2.24, 2.45) is 5.92 Å². The molecule has 1 aliphatic rings. The summed E-state index contributed by atoms with van der Waals surface area (Å²) in [5.41, 5.74) is 0. The first kappa shape index (κ1) is 16.5. The second-order valence-corrected chi connectivity index (χ2v) is 8.30. The van der Waals surface area contributed by atoms with Crippen molar-refractivity contribution in [1.29, 1.82) is 0 Å². The van der Waals surface area contributed by atoms with Crippen LogP contribution in [0.2, 0.25) is 0 Å². The van der Waals surface area contributed by atoms with E-state index < -0.39 is 10.0 Å². The highest BCUT2D eigenvalue weighted by molar-refractivity contribution is 7.89. The van der Waals surface area contributed by atoms with E-state index in [1.807, 2.05) is 6.92 Å². The van der Waals surface area contributed by atoms with Crippen molar-refractivity contribution in [2.45, 2.75) is 63.8 Å². The van der Waals surface area contributed by atoms with Crippen molar-refractivity contribution in [3.63, 3.8) is 0 Å². The van der Waals surface area contributed by atoms with Crippen LogP contribution in [0.15, 0.2) is 21.6 Å². The van der Waals surface area contributed by atoms with Gasteiger partial charge in [-0.2, -0.15) is 4.31 Å². The zero-order valence-electron chi connectivity index (χ0n) is 13.3. The van der Waals surface area contributed by atoms with Crippen molar-refractivity contribution in [3.8, 4) is 0 Å². The van der Waals surface area contributed by atoms with Crippen LogP contribution in [0.4, 0.5) is 0 Å². The summed E-state index contributed by atoms with van der Waals surface area (Å²) in [7, 11) is -1.93. The standard InChI is InChI=1S/C15H26N2O3S/c1-11(2)9-12(3)17(4)21(18,19)15-8-7-14(20-15)10-16-13-5-6-13/h7-8,11-13,16H,5-6,9-10H2,1-4H3. The Balaban J connectivity index is 2.03. The summed E-state index contributed by atoms with van der Waals surface area (Å²) in [6.45, 7) is 6.69. The smallest absolute Gasteiger partial charge is 0.276 e. The Kier molecular flexibility index (Phi) is 5.11. The van der Waals surface area contributed by atoms with Crippen LogP contribution in [0.3, 0.4) is 0 Å². The predicted octanol–water partition coefficient (Wildman–Crippen LogP) is 2.59. The monoisotopic (exact) mass is 314 g/mol. The maximum absolute atomic E-state index is 12.5. The molecule has 120 valence electrons. The van der Waals surface area contributed by atoms with Crippen molar-refractivity contribution >= 4 is 10.0 Å². The van der Waals surface area contributed by atoms with Gasteiger partial charge in [0.15, 0.2) is 0 Å². The summed E-state index contributed by atoms with van der Waals surface area (Å²) in [6.07, 6.45) is 3.22. The molecule has 0 aromatic carbocycles. The molecule has 0 aliphatic heterocycles. The number of furan rings is 1. The van der Waals surface area contributed by atoms with E-state index in [1.54, 1.807) is 19.2 Å². The van der Waals surface area contributed by atoms with E-state index in [4.69, 9.17) is 4.42 Å². The molecule has 21 heavy (non-hydrogen) atoms. The third-order valence-corrected chi connectivity index (χ3v) is 5.69. The number of sulfonamides is 1. The van der Waals surface area contributed by atoms with Crippen molar-refractivity contribution in [1.82, 2.24) is 9.62 Å². The molecule has 0 spiro atoms. The highest BCUT2D eigenvalue weighted by atomic mass is 32.2. The van der Waals surface area contributed by atoms with Crippen LogP contribution in [0, 0.1) is 5.92 Å². The molecule has 5 nitrogen and oxygen atoms in total. The van der Waals surface area contributed by atoms with Gasteiger partial charge >= 0.3 is 0 Å². The van der Waals surface area contributed by atoms with E-state index in [0.717, 1.165) is 6.42 Å². The first-order valence-corrected chi connectivity index (χ1v) is 9.05. The van der Waals surface area contributed by atoms with Crippen LogP contribution in [0.1, 0.15) is 45.8 Å². The minimum atomic E-state index is -3.55. The third kappa shape index (κ3) is 4.31. The molecule has 1 unspecified atom stereocenters. The second-order valence-electron chi connectivity index (χ2n) is 6.38. The van der Waals surface area contributed by atoms with Gasteiger partial charge in [-0.25, -0.2) is 8.42 Å². The molecule has 0 amide bonds. The molecule has 1 aromatic rings. The van der Waals surface area contributed by atoms with Crippen LogP contribution in [0.25, 0.3) is 0 Å². The normalized spacial score (nSPS) is 17.6. The van der Waals surface area contributed by atoms with Crippen molar-refractivity contribution in [3.05, 3.63) is 17.9 Å². The Labute approximate surface area is 127 Å². The molecule has 1 aromatic heterocycles. The highest BCUT2D eigenvalue weighted by Crippen LogP contribution is 2.23. The zero-order chi connectivity index (χ0) is 15.6. The lowest BCUT2D eigenvalue weighted by Gasteiger charge is -2.24. The second kappa shape index (κ2) is 6.50. The van der Waals surface area contributed by atoms with Crippen molar-refractivity contribution in [2.75, 3.05) is 7.05 Å². The fraction of sp³-hybridized carbons (Fsp3) is 0.733. The van der Waals surface area contributed by atoms with E-state index in [9.17, 15) is 8.42 Å². The molecule has 1 saturated carbocycles. The first-order valence-electron chi connectivity index (χ1n) is 7.61. The summed E-state index contributed by atoms with van der Waals surface area (Å²) < 4.78 is 32.0. The molecule has 1 atom stereocenters. The maximum atomic E-state index is 12.5. The first-order chi connectivity index (χ1) is 9.80. The number of rotatable bonds is 8. The van der Waals surface area contributed by atoms with Gasteiger partial charge in [-0.05, 0) is 44.2 Å². The number of hydrogen-bond donors (Lipinski definition) is 1.